The maximum atomic E-state index is 14.0. The summed E-state index contributed by atoms with van der Waals surface area (Å²) in [5.74, 6) is 0.564. The quantitative estimate of drug-likeness (QED) is 0.322. The van der Waals surface area contributed by atoms with Gasteiger partial charge in [0.15, 0.2) is 5.96 Å². The third-order valence-corrected chi connectivity index (χ3v) is 4.45. The molecule has 0 aliphatic carbocycles. The molecule has 0 saturated heterocycles. The molecule has 0 radical (unpaired) electrons. The number of hydrogen-bond acceptors (Lipinski definition) is 3. The number of nitrogens with zero attached hydrogens (tertiary/aromatic N) is 2. The van der Waals surface area contributed by atoms with Crippen LogP contribution in [-0.4, -0.2) is 18.8 Å². The SMILES string of the molecule is CCNC(=NCc1ccc(C#N)cc1F)NCc1ccc(F)cc1CSC.I. The largest absolute Gasteiger partial charge is 0.357 e. The molecule has 2 aromatic carbocycles. The van der Waals surface area contributed by atoms with Gasteiger partial charge >= 0.3 is 0 Å². The fraction of sp³-hybridized carbons (Fsp3) is 0.300. The number of halogens is 3. The summed E-state index contributed by atoms with van der Waals surface area (Å²) in [5, 5.41) is 15.1. The Hall–Kier alpha value is -1.86. The van der Waals surface area contributed by atoms with Crippen molar-refractivity contribution in [1.29, 1.82) is 5.26 Å². The molecule has 28 heavy (non-hydrogen) atoms. The lowest BCUT2D eigenvalue weighted by atomic mass is 10.1. The summed E-state index contributed by atoms with van der Waals surface area (Å²) >= 11 is 1.63. The maximum Gasteiger partial charge on any atom is 0.191 e. The van der Waals surface area contributed by atoms with E-state index in [2.05, 4.69) is 15.6 Å². The van der Waals surface area contributed by atoms with Gasteiger partial charge in [-0.1, -0.05) is 12.1 Å². The van der Waals surface area contributed by atoms with Gasteiger partial charge in [0.2, 0.25) is 0 Å². The molecule has 0 unspecified atom stereocenters. The van der Waals surface area contributed by atoms with Crippen molar-refractivity contribution in [2.45, 2.75) is 25.8 Å². The van der Waals surface area contributed by atoms with Crippen LogP contribution in [0, 0.1) is 23.0 Å². The Labute approximate surface area is 185 Å². The van der Waals surface area contributed by atoms with Crippen LogP contribution in [-0.2, 0) is 18.8 Å². The van der Waals surface area contributed by atoms with Gasteiger partial charge in [-0.05, 0) is 48.6 Å². The standard InChI is InChI=1S/C20H22F2N4S.HI/c1-3-24-20(26-12-16-5-4-14(10-23)8-19(16)22)25-11-15-6-7-18(21)9-17(15)13-27-2;/h4-9H,3,11-13H2,1-2H3,(H2,24,25,26);1H. The van der Waals surface area contributed by atoms with Crippen LogP contribution in [0.5, 0.6) is 0 Å². The van der Waals surface area contributed by atoms with Gasteiger partial charge in [0.1, 0.15) is 11.6 Å². The first-order valence-electron chi connectivity index (χ1n) is 8.54. The second kappa shape index (κ2) is 12.6. The predicted octanol–water partition coefficient (Wildman–Crippen LogP) is 4.57. The van der Waals surface area contributed by atoms with Crippen molar-refractivity contribution < 1.29 is 8.78 Å². The lowest BCUT2D eigenvalue weighted by molar-refractivity contribution is 0.609. The highest BCUT2D eigenvalue weighted by Crippen LogP contribution is 2.17. The van der Waals surface area contributed by atoms with Crippen LogP contribution in [0.1, 0.15) is 29.2 Å². The maximum absolute atomic E-state index is 14.0. The second-order valence-electron chi connectivity index (χ2n) is 5.81. The molecular weight excluding hydrogens is 493 g/mol. The van der Waals surface area contributed by atoms with E-state index < -0.39 is 5.82 Å². The molecule has 0 aliphatic rings. The van der Waals surface area contributed by atoms with Gasteiger partial charge in [-0.15, -0.1) is 24.0 Å². The molecular formula is C20H23F2IN4S. The normalized spacial score (nSPS) is 10.8. The first-order chi connectivity index (χ1) is 13.1. The number of thioether (sulfide) groups is 1. The van der Waals surface area contributed by atoms with Gasteiger partial charge in [0.05, 0.1) is 18.2 Å². The molecule has 2 N–H and O–H groups in total. The number of benzene rings is 2. The number of guanidine groups is 1. The van der Waals surface area contributed by atoms with Crippen LogP contribution in [0.2, 0.25) is 0 Å². The molecule has 0 aliphatic heterocycles. The zero-order valence-corrected chi connectivity index (χ0v) is 18.9. The molecule has 2 aromatic rings. The molecule has 150 valence electrons. The fourth-order valence-corrected chi connectivity index (χ4v) is 3.07. The highest BCUT2D eigenvalue weighted by molar-refractivity contribution is 14.0. The zero-order chi connectivity index (χ0) is 19.6. The lowest BCUT2D eigenvalue weighted by Crippen LogP contribution is -2.37. The van der Waals surface area contributed by atoms with Crippen LogP contribution in [0.15, 0.2) is 41.4 Å². The monoisotopic (exact) mass is 516 g/mol. The third-order valence-electron chi connectivity index (χ3n) is 3.85. The van der Waals surface area contributed by atoms with Crippen molar-refractivity contribution in [3.05, 3.63) is 70.3 Å². The number of nitrogens with one attached hydrogen (secondary N) is 2. The third kappa shape index (κ3) is 7.28. The second-order valence-corrected chi connectivity index (χ2v) is 6.68. The summed E-state index contributed by atoms with van der Waals surface area (Å²) in [6.07, 6.45) is 1.97. The average Bonchev–Trinajstić information content (AvgIpc) is 2.66. The van der Waals surface area contributed by atoms with Crippen LogP contribution < -0.4 is 10.6 Å². The van der Waals surface area contributed by atoms with Gasteiger partial charge < -0.3 is 10.6 Å². The van der Waals surface area contributed by atoms with Crippen molar-refractivity contribution in [3.63, 3.8) is 0 Å². The Morgan fingerprint density at radius 3 is 2.50 bits per heavy atom. The molecule has 0 bridgehead atoms. The van der Waals surface area contributed by atoms with E-state index in [1.165, 1.54) is 12.1 Å². The van der Waals surface area contributed by atoms with E-state index in [-0.39, 0.29) is 41.9 Å². The van der Waals surface area contributed by atoms with E-state index in [1.807, 2.05) is 19.2 Å². The van der Waals surface area contributed by atoms with Crippen molar-refractivity contribution in [1.82, 2.24) is 10.6 Å². The number of nitriles is 1. The zero-order valence-electron chi connectivity index (χ0n) is 15.8. The fourth-order valence-electron chi connectivity index (χ4n) is 2.49. The van der Waals surface area contributed by atoms with Crippen molar-refractivity contribution >= 4 is 41.7 Å². The topological polar surface area (TPSA) is 60.2 Å². The highest BCUT2D eigenvalue weighted by Gasteiger charge is 2.07. The minimum atomic E-state index is -0.450. The summed E-state index contributed by atoms with van der Waals surface area (Å²) in [6, 6.07) is 11.0. The molecule has 0 fully saturated rings. The van der Waals surface area contributed by atoms with Crippen molar-refractivity contribution in [2.24, 2.45) is 4.99 Å². The van der Waals surface area contributed by atoms with E-state index in [9.17, 15) is 8.78 Å². The molecule has 2 rings (SSSR count). The summed E-state index contributed by atoms with van der Waals surface area (Å²) in [6.45, 7) is 3.23. The van der Waals surface area contributed by atoms with E-state index in [0.717, 1.165) is 16.9 Å². The average molecular weight is 516 g/mol. The molecule has 0 amide bonds. The Balaban J connectivity index is 0.00000392. The minimum Gasteiger partial charge on any atom is -0.357 e. The van der Waals surface area contributed by atoms with Gasteiger partial charge in [-0.2, -0.15) is 17.0 Å². The van der Waals surface area contributed by atoms with Crippen molar-refractivity contribution in [2.75, 3.05) is 12.8 Å². The summed E-state index contributed by atoms with van der Waals surface area (Å²) in [4.78, 5) is 4.40. The van der Waals surface area contributed by atoms with Crippen molar-refractivity contribution in [3.8, 4) is 6.07 Å². The van der Waals surface area contributed by atoms with Gasteiger partial charge in [-0.25, -0.2) is 13.8 Å². The lowest BCUT2D eigenvalue weighted by Gasteiger charge is -2.14. The predicted molar refractivity (Wildman–Crippen MR) is 122 cm³/mol. The Bertz CT molecular complexity index is 853. The number of hydrogen-bond donors (Lipinski definition) is 2. The van der Waals surface area contributed by atoms with Crippen LogP contribution in [0.25, 0.3) is 0 Å². The van der Waals surface area contributed by atoms with Gasteiger partial charge in [0.25, 0.3) is 0 Å². The highest BCUT2D eigenvalue weighted by atomic mass is 127. The minimum absolute atomic E-state index is 0. The molecule has 0 atom stereocenters. The smallest absolute Gasteiger partial charge is 0.191 e. The Morgan fingerprint density at radius 2 is 1.86 bits per heavy atom. The Kier molecular flexibility index (Phi) is 10.9. The van der Waals surface area contributed by atoms with Crippen LogP contribution >= 0.6 is 35.7 Å². The number of aliphatic imine (C=N–C) groups is 1. The first-order valence-corrected chi connectivity index (χ1v) is 9.93. The molecule has 4 nitrogen and oxygen atoms in total. The summed E-state index contributed by atoms with van der Waals surface area (Å²) < 4.78 is 27.5. The van der Waals surface area contributed by atoms with E-state index >= 15 is 0 Å². The van der Waals surface area contributed by atoms with E-state index in [0.29, 0.717) is 24.6 Å². The molecule has 0 aromatic heterocycles. The molecule has 0 spiro atoms. The van der Waals surface area contributed by atoms with E-state index in [1.54, 1.807) is 36.0 Å². The molecule has 0 saturated carbocycles. The summed E-state index contributed by atoms with van der Waals surface area (Å²) in [7, 11) is 0. The van der Waals surface area contributed by atoms with Crippen LogP contribution in [0.4, 0.5) is 8.78 Å². The Morgan fingerprint density at radius 1 is 1.11 bits per heavy atom. The van der Waals surface area contributed by atoms with Crippen LogP contribution in [0.3, 0.4) is 0 Å². The molecule has 8 heteroatoms. The van der Waals surface area contributed by atoms with Gasteiger partial charge in [0, 0.05) is 24.4 Å². The number of rotatable bonds is 7. The summed E-state index contributed by atoms with van der Waals surface area (Å²) in [5.41, 5.74) is 2.61. The van der Waals surface area contributed by atoms with E-state index in [4.69, 9.17) is 5.26 Å². The first kappa shape index (κ1) is 24.2. The van der Waals surface area contributed by atoms with Gasteiger partial charge in [-0.3, -0.25) is 0 Å². The molecule has 0 heterocycles.